The van der Waals surface area contributed by atoms with Gasteiger partial charge in [0.1, 0.15) is 0 Å². The van der Waals surface area contributed by atoms with E-state index in [-0.39, 0.29) is 5.41 Å². The van der Waals surface area contributed by atoms with E-state index in [1.807, 2.05) is 30.3 Å². The van der Waals surface area contributed by atoms with Crippen LogP contribution in [0.4, 0.5) is 17.1 Å². The summed E-state index contributed by atoms with van der Waals surface area (Å²) in [6.45, 7) is 4.58. The molecule has 5 rings (SSSR count). The molecule has 0 radical (unpaired) electrons. The van der Waals surface area contributed by atoms with E-state index >= 15 is 0 Å². The standard InChI is InChI=1S/C28H22N2/c1-28(2)23-12-6-8-14-26(23)30(27-15-9-7-13-24(27)28)25-17-16-20(19-29)18-22(25)21-10-4-3-5-11-21/h3-18H,1-2H3. The number of hydrogen-bond acceptors (Lipinski definition) is 2. The van der Waals surface area contributed by atoms with E-state index in [0.29, 0.717) is 5.56 Å². The lowest BCUT2D eigenvalue weighted by Crippen LogP contribution is -2.30. The minimum Gasteiger partial charge on any atom is -0.309 e. The number of para-hydroxylation sites is 2. The van der Waals surface area contributed by atoms with Crippen LogP contribution in [0.2, 0.25) is 0 Å². The van der Waals surface area contributed by atoms with Crippen LogP contribution in [0.5, 0.6) is 0 Å². The Balaban J connectivity index is 1.84. The molecule has 0 fully saturated rings. The van der Waals surface area contributed by atoms with Gasteiger partial charge in [-0.2, -0.15) is 5.26 Å². The molecule has 2 nitrogen and oxygen atoms in total. The normalized spacial score (nSPS) is 13.8. The minimum absolute atomic E-state index is 0.0941. The molecule has 0 saturated heterocycles. The van der Waals surface area contributed by atoms with Crippen molar-refractivity contribution in [2.75, 3.05) is 4.90 Å². The molecule has 1 aliphatic rings. The van der Waals surface area contributed by atoms with Gasteiger partial charge in [0.2, 0.25) is 0 Å². The van der Waals surface area contributed by atoms with Crippen LogP contribution in [0.3, 0.4) is 0 Å². The van der Waals surface area contributed by atoms with Gasteiger partial charge >= 0.3 is 0 Å². The number of nitriles is 1. The molecule has 2 heteroatoms. The van der Waals surface area contributed by atoms with Crippen LogP contribution in [-0.4, -0.2) is 0 Å². The molecule has 4 aromatic rings. The molecule has 0 unspecified atom stereocenters. The zero-order valence-corrected chi connectivity index (χ0v) is 17.1. The van der Waals surface area contributed by atoms with E-state index in [2.05, 4.69) is 91.5 Å². The van der Waals surface area contributed by atoms with Gasteiger partial charge < -0.3 is 4.90 Å². The van der Waals surface area contributed by atoms with Gasteiger partial charge in [-0.1, -0.05) is 80.6 Å². The smallest absolute Gasteiger partial charge is 0.0991 e. The number of rotatable bonds is 2. The molecule has 0 amide bonds. The van der Waals surface area contributed by atoms with Crippen molar-refractivity contribution in [3.05, 3.63) is 114 Å². The van der Waals surface area contributed by atoms with E-state index in [9.17, 15) is 5.26 Å². The van der Waals surface area contributed by atoms with Crippen LogP contribution in [0.25, 0.3) is 11.1 Å². The van der Waals surface area contributed by atoms with Crippen molar-refractivity contribution < 1.29 is 0 Å². The topological polar surface area (TPSA) is 27.0 Å². The largest absolute Gasteiger partial charge is 0.309 e. The summed E-state index contributed by atoms with van der Waals surface area (Å²) in [5.74, 6) is 0. The fraction of sp³-hybridized carbons (Fsp3) is 0.107. The van der Waals surface area contributed by atoms with E-state index in [0.717, 1.165) is 16.8 Å². The van der Waals surface area contributed by atoms with E-state index in [1.165, 1.54) is 22.5 Å². The first-order valence-electron chi connectivity index (χ1n) is 10.2. The molecular formula is C28H22N2. The maximum absolute atomic E-state index is 9.53. The Hall–Kier alpha value is -3.83. The zero-order chi connectivity index (χ0) is 20.7. The molecule has 0 aliphatic carbocycles. The highest BCUT2D eigenvalue weighted by Crippen LogP contribution is 2.53. The van der Waals surface area contributed by atoms with Gasteiger partial charge in [-0.3, -0.25) is 0 Å². The van der Waals surface area contributed by atoms with Gasteiger partial charge in [-0.25, -0.2) is 0 Å². The van der Waals surface area contributed by atoms with Crippen molar-refractivity contribution in [3.63, 3.8) is 0 Å². The second kappa shape index (κ2) is 6.90. The molecule has 30 heavy (non-hydrogen) atoms. The van der Waals surface area contributed by atoms with Crippen molar-refractivity contribution >= 4 is 17.1 Å². The van der Waals surface area contributed by atoms with Crippen LogP contribution in [0, 0.1) is 11.3 Å². The van der Waals surface area contributed by atoms with Crippen LogP contribution in [-0.2, 0) is 5.41 Å². The van der Waals surface area contributed by atoms with Gasteiger partial charge in [-0.15, -0.1) is 0 Å². The van der Waals surface area contributed by atoms with Gasteiger partial charge in [0.05, 0.1) is 28.7 Å². The van der Waals surface area contributed by atoms with Crippen molar-refractivity contribution in [3.8, 4) is 17.2 Å². The fourth-order valence-corrected chi connectivity index (χ4v) is 4.58. The zero-order valence-electron chi connectivity index (χ0n) is 17.1. The van der Waals surface area contributed by atoms with Gasteiger partial charge in [-0.05, 0) is 47.0 Å². The van der Waals surface area contributed by atoms with Crippen molar-refractivity contribution in [1.29, 1.82) is 5.26 Å². The molecule has 4 aromatic carbocycles. The molecule has 0 bridgehead atoms. The third kappa shape index (κ3) is 2.71. The van der Waals surface area contributed by atoms with Gasteiger partial charge in [0, 0.05) is 11.0 Å². The highest BCUT2D eigenvalue weighted by Gasteiger charge is 2.37. The summed E-state index contributed by atoms with van der Waals surface area (Å²) >= 11 is 0. The Bertz CT molecular complexity index is 1230. The lowest BCUT2D eigenvalue weighted by Gasteiger charge is -2.42. The Labute approximate surface area is 177 Å². The summed E-state index contributed by atoms with van der Waals surface area (Å²) in [4.78, 5) is 2.35. The average Bonchev–Trinajstić information content (AvgIpc) is 2.80. The first-order valence-corrected chi connectivity index (χ1v) is 10.2. The maximum atomic E-state index is 9.53. The van der Waals surface area contributed by atoms with Crippen LogP contribution < -0.4 is 4.90 Å². The number of anilines is 3. The Morgan fingerprint density at radius 2 is 1.23 bits per heavy atom. The van der Waals surface area contributed by atoms with E-state index in [1.54, 1.807) is 0 Å². The van der Waals surface area contributed by atoms with Crippen molar-refractivity contribution in [2.45, 2.75) is 19.3 Å². The lowest BCUT2D eigenvalue weighted by atomic mass is 9.73. The molecule has 0 N–H and O–H groups in total. The Morgan fingerprint density at radius 1 is 0.667 bits per heavy atom. The second-order valence-corrected chi connectivity index (χ2v) is 8.20. The summed E-state index contributed by atoms with van der Waals surface area (Å²) < 4.78 is 0. The third-order valence-electron chi connectivity index (χ3n) is 6.09. The molecule has 0 atom stereocenters. The van der Waals surface area contributed by atoms with E-state index in [4.69, 9.17) is 0 Å². The Morgan fingerprint density at radius 3 is 1.83 bits per heavy atom. The third-order valence-corrected chi connectivity index (χ3v) is 6.09. The molecule has 1 aliphatic heterocycles. The summed E-state index contributed by atoms with van der Waals surface area (Å²) in [5.41, 5.74) is 8.77. The number of fused-ring (bicyclic) bond motifs is 2. The SMILES string of the molecule is CC1(C)c2ccccc2N(c2ccc(C#N)cc2-c2ccccc2)c2ccccc21. The van der Waals surface area contributed by atoms with Crippen molar-refractivity contribution in [2.24, 2.45) is 0 Å². The highest BCUT2D eigenvalue weighted by molar-refractivity contribution is 5.92. The monoisotopic (exact) mass is 386 g/mol. The average molecular weight is 386 g/mol. The molecule has 0 spiro atoms. The summed E-state index contributed by atoms with van der Waals surface area (Å²) in [6, 6.07) is 35.9. The summed E-state index contributed by atoms with van der Waals surface area (Å²) in [6.07, 6.45) is 0. The van der Waals surface area contributed by atoms with Crippen LogP contribution in [0.15, 0.2) is 97.1 Å². The second-order valence-electron chi connectivity index (χ2n) is 8.20. The summed E-state index contributed by atoms with van der Waals surface area (Å²) in [5, 5.41) is 9.53. The predicted octanol–water partition coefficient (Wildman–Crippen LogP) is 7.33. The molecule has 1 heterocycles. The quantitative estimate of drug-likeness (QED) is 0.360. The van der Waals surface area contributed by atoms with Crippen LogP contribution >= 0.6 is 0 Å². The highest BCUT2D eigenvalue weighted by atomic mass is 15.2. The summed E-state index contributed by atoms with van der Waals surface area (Å²) in [7, 11) is 0. The molecular weight excluding hydrogens is 364 g/mol. The first-order chi connectivity index (χ1) is 14.6. The molecule has 0 saturated carbocycles. The molecule has 144 valence electrons. The van der Waals surface area contributed by atoms with Gasteiger partial charge in [0.15, 0.2) is 0 Å². The van der Waals surface area contributed by atoms with Crippen molar-refractivity contribution in [1.82, 2.24) is 0 Å². The number of benzene rings is 4. The maximum Gasteiger partial charge on any atom is 0.0991 e. The minimum atomic E-state index is -0.0941. The predicted molar refractivity (Wildman–Crippen MR) is 123 cm³/mol. The Kier molecular flexibility index (Phi) is 4.19. The lowest BCUT2D eigenvalue weighted by molar-refractivity contribution is 0.632. The number of hydrogen-bond donors (Lipinski definition) is 0. The number of nitrogens with zero attached hydrogens (tertiary/aromatic N) is 2. The molecule has 0 aromatic heterocycles. The van der Waals surface area contributed by atoms with Crippen LogP contribution in [0.1, 0.15) is 30.5 Å². The first kappa shape index (κ1) is 18.2. The fourth-order valence-electron chi connectivity index (χ4n) is 4.58. The van der Waals surface area contributed by atoms with Gasteiger partial charge in [0.25, 0.3) is 0 Å². The van der Waals surface area contributed by atoms with E-state index < -0.39 is 0 Å².